The average Bonchev–Trinajstić information content (AvgIpc) is 2.79. The molecular weight excluding hydrogens is 188 g/mol. The highest BCUT2D eigenvalue weighted by Gasteiger charge is 2.33. The Labute approximate surface area is 90.9 Å². The van der Waals surface area contributed by atoms with Crippen molar-refractivity contribution in [2.75, 3.05) is 13.7 Å². The second-order valence-corrected chi connectivity index (χ2v) is 4.08. The van der Waals surface area contributed by atoms with Gasteiger partial charge in [-0.25, -0.2) is 0 Å². The molecule has 0 aromatic carbocycles. The fourth-order valence-electron chi connectivity index (χ4n) is 2.35. The van der Waals surface area contributed by atoms with E-state index in [1.807, 2.05) is 6.20 Å². The summed E-state index contributed by atoms with van der Waals surface area (Å²) in [5, 5.41) is 3.59. The quantitative estimate of drug-likeness (QED) is 0.822. The zero-order valence-electron chi connectivity index (χ0n) is 9.42. The fourth-order valence-corrected chi connectivity index (χ4v) is 2.35. The lowest BCUT2D eigenvalue weighted by atomic mass is 9.87. The molecule has 82 valence electrons. The summed E-state index contributed by atoms with van der Waals surface area (Å²) in [6.45, 7) is 3.32. The normalized spacial score (nSPS) is 25.5. The lowest BCUT2D eigenvalue weighted by molar-refractivity contribution is 0.368. The Bertz CT molecular complexity index is 332. The van der Waals surface area contributed by atoms with E-state index in [-0.39, 0.29) is 5.54 Å². The molecule has 3 nitrogen and oxygen atoms in total. The largest absolute Gasteiger partial charge is 0.495 e. The van der Waals surface area contributed by atoms with Crippen molar-refractivity contribution in [2.45, 2.75) is 31.7 Å². The SMILES string of the molecule is CCC1(c2cncc(OC)c2)CCCN1. The number of hydrogen-bond donors (Lipinski definition) is 1. The molecule has 0 spiro atoms. The molecule has 1 saturated heterocycles. The lowest BCUT2D eigenvalue weighted by Gasteiger charge is -2.28. The van der Waals surface area contributed by atoms with Gasteiger partial charge in [-0.05, 0) is 37.4 Å². The lowest BCUT2D eigenvalue weighted by Crippen LogP contribution is -2.36. The molecule has 2 heterocycles. The minimum atomic E-state index is 0.127. The van der Waals surface area contributed by atoms with Crippen molar-refractivity contribution < 1.29 is 4.74 Å². The predicted octanol–water partition coefficient (Wildman–Crippen LogP) is 2.08. The Balaban J connectivity index is 2.33. The second-order valence-electron chi connectivity index (χ2n) is 4.08. The van der Waals surface area contributed by atoms with Gasteiger partial charge >= 0.3 is 0 Å². The first-order valence-electron chi connectivity index (χ1n) is 5.55. The van der Waals surface area contributed by atoms with Crippen LogP contribution >= 0.6 is 0 Å². The van der Waals surface area contributed by atoms with Gasteiger partial charge < -0.3 is 10.1 Å². The summed E-state index contributed by atoms with van der Waals surface area (Å²) in [6.07, 6.45) is 7.23. The first kappa shape index (κ1) is 10.4. The van der Waals surface area contributed by atoms with Crippen LogP contribution in [0.2, 0.25) is 0 Å². The first-order chi connectivity index (χ1) is 7.30. The Morgan fingerprint density at radius 2 is 2.40 bits per heavy atom. The zero-order chi connectivity index (χ0) is 10.7. The molecule has 0 saturated carbocycles. The standard InChI is InChI=1S/C12H18N2O/c1-3-12(5-4-6-14-12)10-7-11(15-2)9-13-8-10/h7-9,14H,3-6H2,1-2H3. The van der Waals surface area contributed by atoms with Gasteiger partial charge in [-0.1, -0.05) is 6.92 Å². The number of ether oxygens (including phenoxy) is 1. The van der Waals surface area contributed by atoms with E-state index >= 15 is 0 Å². The van der Waals surface area contributed by atoms with Gasteiger partial charge in [-0.3, -0.25) is 4.98 Å². The molecule has 1 aromatic heterocycles. The number of nitrogens with one attached hydrogen (secondary N) is 1. The van der Waals surface area contributed by atoms with Gasteiger partial charge in [0, 0.05) is 11.7 Å². The van der Waals surface area contributed by atoms with Crippen molar-refractivity contribution in [2.24, 2.45) is 0 Å². The van der Waals surface area contributed by atoms with Gasteiger partial charge in [0.2, 0.25) is 0 Å². The van der Waals surface area contributed by atoms with Crippen molar-refractivity contribution in [3.05, 3.63) is 24.0 Å². The maximum atomic E-state index is 5.21. The molecule has 0 amide bonds. The van der Waals surface area contributed by atoms with Crippen molar-refractivity contribution in [3.8, 4) is 5.75 Å². The molecule has 1 aliphatic rings. The van der Waals surface area contributed by atoms with E-state index in [1.165, 1.54) is 18.4 Å². The molecule has 0 aliphatic carbocycles. The smallest absolute Gasteiger partial charge is 0.137 e. The van der Waals surface area contributed by atoms with Crippen molar-refractivity contribution in [1.82, 2.24) is 10.3 Å². The molecule has 15 heavy (non-hydrogen) atoms. The molecular formula is C12H18N2O. The summed E-state index contributed by atoms with van der Waals surface area (Å²) < 4.78 is 5.21. The third kappa shape index (κ3) is 1.84. The third-order valence-corrected chi connectivity index (χ3v) is 3.35. The van der Waals surface area contributed by atoms with Crippen LogP contribution in [-0.2, 0) is 5.54 Å². The third-order valence-electron chi connectivity index (χ3n) is 3.35. The highest BCUT2D eigenvalue weighted by Crippen LogP contribution is 2.34. The molecule has 0 radical (unpaired) electrons. The number of nitrogens with zero attached hydrogens (tertiary/aromatic N) is 1. The number of aromatic nitrogens is 1. The average molecular weight is 206 g/mol. The monoisotopic (exact) mass is 206 g/mol. The Hall–Kier alpha value is -1.09. The molecule has 2 rings (SSSR count). The summed E-state index contributed by atoms with van der Waals surface area (Å²) >= 11 is 0. The molecule has 1 atom stereocenters. The van der Waals surface area contributed by atoms with Gasteiger partial charge in [0.05, 0.1) is 13.3 Å². The second kappa shape index (κ2) is 4.19. The van der Waals surface area contributed by atoms with E-state index in [2.05, 4.69) is 23.3 Å². The van der Waals surface area contributed by atoms with Crippen LogP contribution in [-0.4, -0.2) is 18.6 Å². The van der Waals surface area contributed by atoms with Gasteiger partial charge in [0.15, 0.2) is 0 Å². The number of rotatable bonds is 3. The van der Waals surface area contributed by atoms with Crippen molar-refractivity contribution >= 4 is 0 Å². The van der Waals surface area contributed by atoms with Gasteiger partial charge in [0.1, 0.15) is 5.75 Å². The first-order valence-corrected chi connectivity index (χ1v) is 5.55. The Kier molecular flexibility index (Phi) is 2.91. The summed E-state index contributed by atoms with van der Waals surface area (Å²) in [5.74, 6) is 0.842. The molecule has 1 aromatic rings. The minimum absolute atomic E-state index is 0.127. The molecule has 1 aliphatic heterocycles. The van der Waals surface area contributed by atoms with Gasteiger partial charge in [0.25, 0.3) is 0 Å². The number of methoxy groups -OCH3 is 1. The topological polar surface area (TPSA) is 34.1 Å². The molecule has 1 N–H and O–H groups in total. The summed E-state index contributed by atoms with van der Waals surface area (Å²) in [6, 6.07) is 2.09. The number of hydrogen-bond acceptors (Lipinski definition) is 3. The molecule has 1 fully saturated rings. The maximum absolute atomic E-state index is 5.21. The van der Waals surface area contributed by atoms with E-state index in [9.17, 15) is 0 Å². The van der Waals surface area contributed by atoms with Crippen LogP contribution in [0.4, 0.5) is 0 Å². The highest BCUT2D eigenvalue weighted by atomic mass is 16.5. The van der Waals surface area contributed by atoms with Crippen LogP contribution in [0.3, 0.4) is 0 Å². The Morgan fingerprint density at radius 3 is 3.00 bits per heavy atom. The van der Waals surface area contributed by atoms with Crippen molar-refractivity contribution in [3.63, 3.8) is 0 Å². The zero-order valence-corrected chi connectivity index (χ0v) is 9.42. The molecule has 1 unspecified atom stereocenters. The van der Waals surface area contributed by atoms with Crippen LogP contribution in [0.15, 0.2) is 18.5 Å². The van der Waals surface area contributed by atoms with Crippen LogP contribution in [0.1, 0.15) is 31.7 Å². The Morgan fingerprint density at radius 1 is 1.53 bits per heavy atom. The minimum Gasteiger partial charge on any atom is -0.495 e. The van der Waals surface area contributed by atoms with E-state index in [0.29, 0.717) is 0 Å². The van der Waals surface area contributed by atoms with Crippen LogP contribution in [0.25, 0.3) is 0 Å². The molecule has 3 heteroatoms. The highest BCUT2D eigenvalue weighted by molar-refractivity contribution is 5.30. The maximum Gasteiger partial charge on any atom is 0.137 e. The molecule has 0 bridgehead atoms. The summed E-state index contributed by atoms with van der Waals surface area (Å²) in [7, 11) is 1.68. The summed E-state index contributed by atoms with van der Waals surface area (Å²) in [5.41, 5.74) is 1.38. The van der Waals surface area contributed by atoms with Gasteiger partial charge in [-0.15, -0.1) is 0 Å². The van der Waals surface area contributed by atoms with E-state index in [4.69, 9.17) is 4.74 Å². The van der Waals surface area contributed by atoms with Crippen molar-refractivity contribution in [1.29, 1.82) is 0 Å². The van der Waals surface area contributed by atoms with E-state index in [1.54, 1.807) is 13.3 Å². The van der Waals surface area contributed by atoms with E-state index < -0.39 is 0 Å². The number of pyridine rings is 1. The van der Waals surface area contributed by atoms with Crippen LogP contribution in [0.5, 0.6) is 5.75 Å². The van der Waals surface area contributed by atoms with Crippen LogP contribution in [0, 0.1) is 0 Å². The fraction of sp³-hybridized carbons (Fsp3) is 0.583. The van der Waals surface area contributed by atoms with Crippen LogP contribution < -0.4 is 10.1 Å². The predicted molar refractivity (Wildman–Crippen MR) is 60.0 cm³/mol. The van der Waals surface area contributed by atoms with Gasteiger partial charge in [-0.2, -0.15) is 0 Å². The van der Waals surface area contributed by atoms with E-state index in [0.717, 1.165) is 18.7 Å². The summed E-state index contributed by atoms with van der Waals surface area (Å²) in [4.78, 5) is 4.23.